The van der Waals surface area contributed by atoms with Crippen molar-refractivity contribution < 1.29 is 47.6 Å². The number of benzene rings is 1. The van der Waals surface area contributed by atoms with Gasteiger partial charge in [-0.15, -0.1) is 17.7 Å². The smallest absolute Gasteiger partial charge is 0.595 e. The third kappa shape index (κ3) is 9.14. The minimum atomic E-state index is -0.501. The molecule has 0 saturated heterocycles. The molecule has 0 N–H and O–H groups in total. The molecule has 19 heavy (non-hydrogen) atoms. The van der Waals surface area contributed by atoms with Crippen LogP contribution in [0.2, 0.25) is 0 Å². The second-order valence-corrected chi connectivity index (χ2v) is 4.88. The van der Waals surface area contributed by atoms with Gasteiger partial charge in [0.25, 0.3) is 0 Å². The number of hydrogen-bond donors (Lipinski definition) is 0. The van der Waals surface area contributed by atoms with Crippen LogP contribution in [0.5, 0.6) is 0 Å². The standard InChI is InChI=1S/C14H20NO2.2Li/c1-11-7-5-6-8-12(11)9-10-15-13(16)17-14(2,3)4;;/h5-8H,1,9-10H2,2-4H3,(H,15,16);;/q-1;2*+1/p-1. The van der Waals surface area contributed by atoms with E-state index in [0.29, 0.717) is 13.0 Å². The summed E-state index contributed by atoms with van der Waals surface area (Å²) >= 11 is 0. The molecule has 94 valence electrons. The van der Waals surface area contributed by atoms with E-state index in [0.717, 1.165) is 11.1 Å². The number of rotatable bonds is 3. The van der Waals surface area contributed by atoms with Crippen LogP contribution in [-0.4, -0.2) is 18.2 Å². The molecule has 0 aliphatic rings. The average Bonchev–Trinajstić information content (AvgIpc) is 2.18. The molecule has 0 atom stereocenters. The second-order valence-electron chi connectivity index (χ2n) is 4.88. The first kappa shape index (κ1) is 20.9. The van der Waals surface area contributed by atoms with Gasteiger partial charge in [0.2, 0.25) is 0 Å². The molecule has 0 amide bonds. The van der Waals surface area contributed by atoms with E-state index in [9.17, 15) is 5.11 Å². The fourth-order valence-electron chi connectivity index (χ4n) is 1.36. The van der Waals surface area contributed by atoms with Crippen LogP contribution < -0.4 is 42.8 Å². The molecule has 0 aliphatic heterocycles. The van der Waals surface area contributed by atoms with Gasteiger partial charge < -0.3 is 9.84 Å². The Labute approximate surface area is 140 Å². The molecule has 1 rings (SSSR count). The molecule has 0 aromatic heterocycles. The first-order valence-corrected chi connectivity index (χ1v) is 5.69. The second kappa shape index (κ2) is 9.46. The Morgan fingerprint density at radius 1 is 1.26 bits per heavy atom. The topological polar surface area (TPSA) is 44.7 Å². The summed E-state index contributed by atoms with van der Waals surface area (Å²) in [6.45, 7) is 9.83. The Morgan fingerprint density at radius 2 is 1.84 bits per heavy atom. The van der Waals surface area contributed by atoms with E-state index in [1.54, 1.807) is 0 Å². The number of ether oxygens (including phenoxy) is 1. The molecule has 0 bridgehead atoms. The van der Waals surface area contributed by atoms with E-state index >= 15 is 0 Å². The molecule has 1 aromatic carbocycles. The van der Waals surface area contributed by atoms with E-state index in [4.69, 9.17) is 4.74 Å². The van der Waals surface area contributed by atoms with Gasteiger partial charge in [-0.1, -0.05) is 33.3 Å². The Hall–Kier alpha value is -0.445. The van der Waals surface area contributed by atoms with Crippen molar-refractivity contribution in [3.05, 3.63) is 42.3 Å². The van der Waals surface area contributed by atoms with E-state index in [1.807, 2.05) is 45.0 Å². The summed E-state index contributed by atoms with van der Waals surface area (Å²) in [6.07, 6.45) is 0.206. The predicted molar refractivity (Wildman–Crippen MR) is 67.7 cm³/mol. The molecule has 1 aromatic rings. The molecular weight excluding hydrogens is 228 g/mol. The maximum atomic E-state index is 11.3. The predicted octanol–water partition coefficient (Wildman–Crippen LogP) is -4.05. The van der Waals surface area contributed by atoms with Crippen LogP contribution in [0, 0.1) is 6.92 Å². The van der Waals surface area contributed by atoms with Crippen LogP contribution >= 0.6 is 0 Å². The summed E-state index contributed by atoms with van der Waals surface area (Å²) in [5.41, 5.74) is 1.61. The minimum Gasteiger partial charge on any atom is -0.595 e. The van der Waals surface area contributed by atoms with Crippen LogP contribution in [0.1, 0.15) is 31.9 Å². The van der Waals surface area contributed by atoms with Gasteiger partial charge in [-0.2, -0.15) is 18.6 Å². The zero-order valence-corrected chi connectivity index (χ0v) is 12.7. The fraction of sp³-hybridized carbons (Fsp3) is 0.429. The van der Waals surface area contributed by atoms with Gasteiger partial charge in [0, 0.05) is 12.1 Å². The first-order valence-electron chi connectivity index (χ1n) is 5.69. The van der Waals surface area contributed by atoms with Gasteiger partial charge in [-0.3, -0.25) is 4.99 Å². The first-order chi connectivity index (χ1) is 7.88. The fourth-order valence-corrected chi connectivity index (χ4v) is 1.36. The molecule has 5 heteroatoms. The zero-order chi connectivity index (χ0) is 12.9. The number of hydrogen-bond acceptors (Lipinski definition) is 3. The maximum absolute atomic E-state index is 11.3. The van der Waals surface area contributed by atoms with Crippen LogP contribution in [0.15, 0.2) is 29.3 Å². The molecule has 0 radical (unpaired) electrons. The van der Waals surface area contributed by atoms with E-state index in [-0.39, 0.29) is 37.7 Å². The molecule has 0 unspecified atom stereocenters. The van der Waals surface area contributed by atoms with Gasteiger partial charge in [0.05, 0.1) is 0 Å². The summed E-state index contributed by atoms with van der Waals surface area (Å²) < 4.78 is 5.08. The van der Waals surface area contributed by atoms with Crippen molar-refractivity contribution in [1.29, 1.82) is 0 Å². The van der Waals surface area contributed by atoms with Crippen LogP contribution in [0.3, 0.4) is 0 Å². The van der Waals surface area contributed by atoms with Gasteiger partial charge in [-0.25, -0.2) is 0 Å². The maximum Gasteiger partial charge on any atom is 1.00 e. The zero-order valence-electron chi connectivity index (χ0n) is 12.7. The van der Waals surface area contributed by atoms with Crippen molar-refractivity contribution in [2.24, 2.45) is 4.99 Å². The Morgan fingerprint density at radius 3 is 2.37 bits per heavy atom. The number of nitrogens with zero attached hydrogens (tertiary/aromatic N) is 1. The molecule has 0 saturated carbocycles. The Kier molecular flexibility index (Phi) is 10.4. The van der Waals surface area contributed by atoms with Gasteiger partial charge in [0.1, 0.15) is 6.08 Å². The van der Waals surface area contributed by atoms with E-state index in [2.05, 4.69) is 11.9 Å². The normalized spacial score (nSPS) is 11.2. The third-order valence-electron chi connectivity index (χ3n) is 2.13. The molecule has 0 fully saturated rings. The van der Waals surface area contributed by atoms with Gasteiger partial charge in [0.15, 0.2) is 0 Å². The van der Waals surface area contributed by atoms with Crippen molar-refractivity contribution >= 4 is 6.08 Å². The minimum absolute atomic E-state index is 0. The SMILES string of the molecule is [CH2-]c1ccccc1CCN=C([O-])OC(C)(C)C.[Li+].[Li+]. The molecule has 0 heterocycles. The summed E-state index contributed by atoms with van der Waals surface area (Å²) in [5.74, 6) is 0. The third-order valence-corrected chi connectivity index (χ3v) is 2.13. The quantitative estimate of drug-likeness (QED) is 0.236. The summed E-state index contributed by atoms with van der Waals surface area (Å²) in [7, 11) is 0. The molecule has 0 spiro atoms. The van der Waals surface area contributed by atoms with Crippen LogP contribution in [0.4, 0.5) is 0 Å². The summed E-state index contributed by atoms with van der Waals surface area (Å²) in [6, 6.07) is 7.84. The monoisotopic (exact) mass is 247 g/mol. The van der Waals surface area contributed by atoms with Crippen molar-refractivity contribution in [2.45, 2.75) is 32.8 Å². The summed E-state index contributed by atoms with van der Waals surface area (Å²) in [4.78, 5) is 3.86. The van der Waals surface area contributed by atoms with Crippen molar-refractivity contribution in [3.8, 4) is 0 Å². The van der Waals surface area contributed by atoms with Crippen LogP contribution in [-0.2, 0) is 11.2 Å². The molecule has 0 aliphatic carbocycles. The summed E-state index contributed by atoms with van der Waals surface area (Å²) in [5, 5.41) is 11.3. The van der Waals surface area contributed by atoms with Crippen molar-refractivity contribution in [1.82, 2.24) is 0 Å². The molecule has 3 nitrogen and oxygen atoms in total. The van der Waals surface area contributed by atoms with E-state index in [1.165, 1.54) is 0 Å². The van der Waals surface area contributed by atoms with E-state index < -0.39 is 11.7 Å². The largest absolute Gasteiger partial charge is 1.00 e. The Balaban J connectivity index is 0. The number of aliphatic imine (C=N–C) groups is 1. The average molecular weight is 247 g/mol. The molecular formula is C14H19Li2NO2. The van der Waals surface area contributed by atoms with Gasteiger partial charge >= 0.3 is 37.7 Å². The van der Waals surface area contributed by atoms with Crippen LogP contribution in [0.25, 0.3) is 0 Å². The van der Waals surface area contributed by atoms with Gasteiger partial charge in [-0.05, 0) is 0 Å². The van der Waals surface area contributed by atoms with Crippen molar-refractivity contribution in [3.63, 3.8) is 0 Å². The van der Waals surface area contributed by atoms with Crippen molar-refractivity contribution in [2.75, 3.05) is 6.54 Å². The Bertz CT molecular complexity index is 401.